The highest BCUT2D eigenvalue weighted by Crippen LogP contribution is 2.76. The van der Waals surface area contributed by atoms with Gasteiger partial charge in [0.1, 0.15) is 12.2 Å². The summed E-state index contributed by atoms with van der Waals surface area (Å²) in [5.41, 5.74) is -2.23. The van der Waals surface area contributed by atoms with Gasteiger partial charge >= 0.3 is 17.9 Å². The maximum absolute atomic E-state index is 13.0. The van der Waals surface area contributed by atoms with Gasteiger partial charge in [0, 0.05) is 31.1 Å². The van der Waals surface area contributed by atoms with Crippen molar-refractivity contribution in [1.29, 1.82) is 0 Å². The predicted octanol–water partition coefficient (Wildman–Crippen LogP) is 6.32. The second-order valence-corrected chi connectivity index (χ2v) is 16.1. The van der Waals surface area contributed by atoms with Crippen molar-refractivity contribution in [2.75, 3.05) is 0 Å². The molecule has 0 aliphatic heterocycles. The van der Waals surface area contributed by atoms with Gasteiger partial charge in [-0.05, 0) is 86.4 Å². The lowest BCUT2D eigenvalue weighted by atomic mass is 9.32. The molecule has 0 bridgehead atoms. The monoisotopic (exact) mass is 572 g/mol. The van der Waals surface area contributed by atoms with Gasteiger partial charge in [0.2, 0.25) is 0 Å². The summed E-state index contributed by atoms with van der Waals surface area (Å²) < 4.78 is 12.1. The first-order valence-corrected chi connectivity index (χ1v) is 15.8. The van der Waals surface area contributed by atoms with Crippen molar-refractivity contribution in [2.24, 2.45) is 50.7 Å². The van der Waals surface area contributed by atoms with Crippen LogP contribution in [0.15, 0.2) is 11.6 Å². The topological polar surface area (TPSA) is 110 Å². The lowest BCUT2D eigenvalue weighted by Crippen LogP contribution is -2.70. The van der Waals surface area contributed by atoms with E-state index in [0.29, 0.717) is 25.7 Å². The van der Waals surface area contributed by atoms with E-state index < -0.39 is 28.3 Å². The number of carboxylic acid groups (broad SMARTS) is 1. The number of hydrogen-bond donors (Lipinski definition) is 2. The van der Waals surface area contributed by atoms with E-state index in [1.807, 2.05) is 6.92 Å². The van der Waals surface area contributed by atoms with Gasteiger partial charge in [-0.15, -0.1) is 0 Å². The third kappa shape index (κ3) is 3.95. The highest BCUT2D eigenvalue weighted by Gasteiger charge is 2.73. The number of fused-ring (bicyclic) bond motifs is 7. The van der Waals surface area contributed by atoms with Gasteiger partial charge in [-0.1, -0.05) is 53.2 Å². The van der Waals surface area contributed by atoms with E-state index in [0.717, 1.165) is 31.3 Å². The number of hydrogen-bond acceptors (Lipinski definition) is 6. The first kappa shape index (κ1) is 30.6. The number of esters is 2. The molecule has 2 N–H and O–H groups in total. The Labute approximate surface area is 245 Å². The minimum absolute atomic E-state index is 0.00634. The summed E-state index contributed by atoms with van der Waals surface area (Å²) in [5.74, 6) is -1.58. The van der Waals surface area contributed by atoms with Gasteiger partial charge in [0.25, 0.3) is 0 Å². The minimum Gasteiger partial charge on any atom is -0.481 e. The molecule has 0 heterocycles. The summed E-state index contributed by atoms with van der Waals surface area (Å²) in [4.78, 5) is 37.7. The maximum Gasteiger partial charge on any atom is 0.310 e. The molecule has 0 radical (unpaired) electrons. The fraction of sp³-hybridized carbons (Fsp3) is 0.853. The van der Waals surface area contributed by atoms with Crippen molar-refractivity contribution in [3.63, 3.8) is 0 Å². The molecule has 4 saturated carbocycles. The molecule has 11 atom stereocenters. The quantitative estimate of drug-likeness (QED) is 0.301. The van der Waals surface area contributed by atoms with Crippen LogP contribution < -0.4 is 0 Å². The summed E-state index contributed by atoms with van der Waals surface area (Å²) in [5, 5.41) is 22.7. The summed E-state index contributed by atoms with van der Waals surface area (Å²) >= 11 is 0. The molecule has 0 saturated heterocycles. The molecule has 230 valence electrons. The van der Waals surface area contributed by atoms with Gasteiger partial charge in [0.05, 0.1) is 11.0 Å². The first-order valence-electron chi connectivity index (χ1n) is 15.8. The van der Waals surface area contributed by atoms with Gasteiger partial charge in [-0.3, -0.25) is 14.4 Å². The zero-order valence-corrected chi connectivity index (χ0v) is 26.6. The standard InChI is InChI=1S/C34H52O7/c1-19-12-15-34(28(37)38)17-16-31(7)22(26(34)33(19,9)39)10-11-24-30(6)14-13-25(41-21(3)36)29(4,5)27(30)23(40-20(2)35)18-32(24,31)8/h10,19,23-27,39H,11-18H2,1-9H3,(H,37,38). The number of ether oxygens (including phenoxy) is 2. The third-order valence-corrected chi connectivity index (χ3v) is 13.9. The third-order valence-electron chi connectivity index (χ3n) is 13.9. The second kappa shape index (κ2) is 9.30. The van der Waals surface area contributed by atoms with E-state index in [1.54, 1.807) is 0 Å². The Morgan fingerprint density at radius 3 is 2.12 bits per heavy atom. The number of rotatable bonds is 3. The zero-order valence-electron chi connectivity index (χ0n) is 26.6. The summed E-state index contributed by atoms with van der Waals surface area (Å²) in [6.45, 7) is 18.2. The molecule has 0 aromatic rings. The highest BCUT2D eigenvalue weighted by atomic mass is 16.6. The van der Waals surface area contributed by atoms with Gasteiger partial charge in [0.15, 0.2) is 0 Å². The average Bonchev–Trinajstić information content (AvgIpc) is 2.83. The van der Waals surface area contributed by atoms with Gasteiger partial charge in [-0.2, -0.15) is 0 Å². The number of allylic oxidation sites excluding steroid dienone is 1. The molecular weight excluding hydrogens is 520 g/mol. The Kier molecular flexibility index (Phi) is 6.94. The van der Waals surface area contributed by atoms with Crippen LogP contribution in [0.4, 0.5) is 0 Å². The van der Waals surface area contributed by atoms with Crippen molar-refractivity contribution in [2.45, 2.75) is 131 Å². The van der Waals surface area contributed by atoms with E-state index in [2.05, 4.69) is 47.6 Å². The van der Waals surface area contributed by atoms with Gasteiger partial charge < -0.3 is 19.7 Å². The Morgan fingerprint density at radius 2 is 1.54 bits per heavy atom. The van der Waals surface area contributed by atoms with E-state index in [9.17, 15) is 24.6 Å². The van der Waals surface area contributed by atoms with E-state index in [4.69, 9.17) is 9.47 Å². The van der Waals surface area contributed by atoms with Crippen LogP contribution in [0.25, 0.3) is 0 Å². The smallest absolute Gasteiger partial charge is 0.310 e. The van der Waals surface area contributed by atoms with Crippen LogP contribution >= 0.6 is 0 Å². The van der Waals surface area contributed by atoms with Crippen molar-refractivity contribution >= 4 is 17.9 Å². The molecule has 5 aliphatic rings. The van der Waals surface area contributed by atoms with Crippen LogP contribution in [0.1, 0.15) is 114 Å². The minimum atomic E-state index is -1.13. The molecule has 0 spiro atoms. The number of aliphatic hydroxyl groups is 1. The van der Waals surface area contributed by atoms with Crippen LogP contribution in [-0.2, 0) is 23.9 Å². The lowest BCUT2D eigenvalue weighted by molar-refractivity contribution is -0.254. The maximum atomic E-state index is 13.0. The Morgan fingerprint density at radius 1 is 0.902 bits per heavy atom. The molecule has 4 fully saturated rings. The molecule has 0 amide bonds. The fourth-order valence-corrected chi connectivity index (χ4v) is 11.7. The van der Waals surface area contributed by atoms with Crippen LogP contribution in [0.2, 0.25) is 0 Å². The zero-order chi connectivity index (χ0) is 30.6. The normalized spacial score (nSPS) is 50.1. The first-order chi connectivity index (χ1) is 18.8. The van der Waals surface area contributed by atoms with E-state index in [-0.39, 0.29) is 58.1 Å². The molecule has 7 nitrogen and oxygen atoms in total. The molecule has 5 aliphatic carbocycles. The largest absolute Gasteiger partial charge is 0.481 e. The number of carbonyl (C=O) groups excluding carboxylic acids is 2. The van der Waals surface area contributed by atoms with Crippen LogP contribution in [-0.4, -0.2) is 45.9 Å². The van der Waals surface area contributed by atoms with Crippen molar-refractivity contribution < 1.29 is 34.1 Å². The van der Waals surface area contributed by atoms with Crippen LogP contribution in [0, 0.1) is 50.7 Å². The fourth-order valence-electron chi connectivity index (χ4n) is 11.7. The number of carbonyl (C=O) groups is 3. The summed E-state index contributed by atoms with van der Waals surface area (Å²) in [6.07, 6.45) is 7.31. The average molecular weight is 573 g/mol. The molecule has 41 heavy (non-hydrogen) atoms. The van der Waals surface area contributed by atoms with Crippen LogP contribution in [0.3, 0.4) is 0 Å². The summed E-state index contributed by atoms with van der Waals surface area (Å²) in [6, 6.07) is 0. The molecule has 0 aromatic carbocycles. The summed E-state index contributed by atoms with van der Waals surface area (Å²) in [7, 11) is 0. The van der Waals surface area contributed by atoms with Gasteiger partial charge in [-0.25, -0.2) is 0 Å². The molecule has 0 aromatic heterocycles. The SMILES string of the molecule is CC(=O)OC1CC2(C)C(CC=C3C4C(C(=O)O)(CCC(C)C4(C)O)CCC32C)C2(C)CCC(OC(C)=O)C(C)(C)C12. The highest BCUT2D eigenvalue weighted by molar-refractivity contribution is 5.77. The molecular formula is C34H52O7. The second-order valence-electron chi connectivity index (χ2n) is 16.1. The molecule has 11 unspecified atom stereocenters. The van der Waals surface area contributed by atoms with Crippen molar-refractivity contribution in [3.8, 4) is 0 Å². The lowest BCUT2D eigenvalue weighted by Gasteiger charge is -2.72. The Hall–Kier alpha value is -1.89. The predicted molar refractivity (Wildman–Crippen MR) is 155 cm³/mol. The number of aliphatic carboxylic acids is 1. The van der Waals surface area contributed by atoms with Crippen LogP contribution in [0.5, 0.6) is 0 Å². The molecule has 7 heteroatoms. The number of carboxylic acids is 1. The Balaban J connectivity index is 1.66. The van der Waals surface area contributed by atoms with Crippen molar-refractivity contribution in [3.05, 3.63) is 11.6 Å². The van der Waals surface area contributed by atoms with Crippen molar-refractivity contribution in [1.82, 2.24) is 0 Å². The Bertz CT molecular complexity index is 1170. The van der Waals surface area contributed by atoms with E-state index in [1.165, 1.54) is 13.8 Å². The molecule has 5 rings (SSSR count). The van der Waals surface area contributed by atoms with E-state index >= 15 is 0 Å².